The molecule has 9 heteroatoms. The quantitative estimate of drug-likeness (QED) is 0.650. The molecule has 0 unspecified atom stereocenters. The molecule has 0 aromatic carbocycles. The van der Waals surface area contributed by atoms with Crippen molar-refractivity contribution >= 4 is 17.8 Å². The first-order valence-electron chi connectivity index (χ1n) is 7.19. The lowest BCUT2D eigenvalue weighted by Crippen LogP contribution is -2.40. The molecule has 1 saturated carbocycles. The second kappa shape index (κ2) is 7.61. The predicted octanol–water partition coefficient (Wildman–Crippen LogP) is -0.358. The molecule has 0 bridgehead atoms. The summed E-state index contributed by atoms with van der Waals surface area (Å²) in [5, 5.41) is 6.32. The topological polar surface area (TPSA) is 111 Å². The monoisotopic (exact) mass is 325 g/mol. The van der Waals surface area contributed by atoms with Crippen LogP contribution in [0.4, 0.5) is 0 Å². The van der Waals surface area contributed by atoms with Crippen LogP contribution in [0.3, 0.4) is 0 Å². The average molecular weight is 325 g/mol. The number of aryl methyl sites for hydroxylation is 1. The highest BCUT2D eigenvalue weighted by atomic mass is 16.6. The van der Waals surface area contributed by atoms with Gasteiger partial charge in [0.15, 0.2) is 13.2 Å². The van der Waals surface area contributed by atoms with E-state index in [1.807, 2.05) is 0 Å². The first-order chi connectivity index (χ1) is 10.9. The van der Waals surface area contributed by atoms with Gasteiger partial charge in [-0.1, -0.05) is 0 Å². The summed E-state index contributed by atoms with van der Waals surface area (Å²) < 4.78 is 14.6. The van der Waals surface area contributed by atoms with Crippen molar-refractivity contribution in [2.45, 2.75) is 25.8 Å². The Hall–Kier alpha value is -2.58. The first-order valence-corrected chi connectivity index (χ1v) is 7.19. The van der Waals surface area contributed by atoms with Crippen molar-refractivity contribution in [3.05, 3.63) is 11.8 Å². The summed E-state index contributed by atoms with van der Waals surface area (Å²) in [6.45, 7) is 0.784. The Morgan fingerprint density at radius 3 is 2.74 bits per heavy atom. The molecule has 0 atom stereocenters. The van der Waals surface area contributed by atoms with Crippen molar-refractivity contribution in [1.82, 2.24) is 15.4 Å². The summed E-state index contributed by atoms with van der Waals surface area (Å²) in [6, 6.07) is 1.76. The molecule has 1 fully saturated rings. The van der Waals surface area contributed by atoms with Gasteiger partial charge in [0, 0.05) is 19.2 Å². The van der Waals surface area contributed by atoms with Gasteiger partial charge in [0.25, 0.3) is 11.8 Å². The van der Waals surface area contributed by atoms with E-state index in [2.05, 4.69) is 10.5 Å². The lowest BCUT2D eigenvalue weighted by molar-refractivity contribution is -0.153. The second-order valence-corrected chi connectivity index (χ2v) is 5.32. The number of hydrogen-bond donors (Lipinski definition) is 1. The largest absolute Gasteiger partial charge is 0.463 e. The molecule has 1 N–H and O–H groups in total. The van der Waals surface area contributed by atoms with E-state index in [0.717, 1.165) is 12.8 Å². The lowest BCUT2D eigenvalue weighted by atomic mass is 10.4. The molecule has 1 aliphatic carbocycles. The van der Waals surface area contributed by atoms with E-state index < -0.39 is 18.5 Å². The van der Waals surface area contributed by atoms with Crippen LogP contribution in [0.1, 0.15) is 18.6 Å². The molecule has 1 aromatic heterocycles. The fourth-order valence-corrected chi connectivity index (χ4v) is 1.64. The van der Waals surface area contributed by atoms with Gasteiger partial charge in [0.05, 0.1) is 6.54 Å². The number of nitrogens with zero attached hydrogens (tertiary/aromatic N) is 2. The highest BCUT2D eigenvalue weighted by Gasteiger charge is 2.24. The number of amides is 2. The van der Waals surface area contributed by atoms with Crippen molar-refractivity contribution in [3.8, 4) is 5.88 Å². The fourth-order valence-electron chi connectivity index (χ4n) is 1.64. The van der Waals surface area contributed by atoms with Crippen molar-refractivity contribution in [2.75, 3.05) is 26.8 Å². The summed E-state index contributed by atoms with van der Waals surface area (Å²) in [4.78, 5) is 36.0. The van der Waals surface area contributed by atoms with E-state index >= 15 is 0 Å². The molecule has 0 spiro atoms. The van der Waals surface area contributed by atoms with Crippen molar-refractivity contribution in [3.63, 3.8) is 0 Å². The molecule has 0 aliphatic heterocycles. The summed E-state index contributed by atoms with van der Waals surface area (Å²) in [5.74, 6) is -0.690. The van der Waals surface area contributed by atoms with Crippen LogP contribution in [-0.4, -0.2) is 60.7 Å². The Bertz CT molecular complexity index is 581. The van der Waals surface area contributed by atoms with Gasteiger partial charge in [-0.15, -0.1) is 0 Å². The minimum Gasteiger partial charge on any atom is -0.463 e. The molecule has 1 aliphatic rings. The van der Waals surface area contributed by atoms with Crippen molar-refractivity contribution in [2.24, 2.45) is 0 Å². The zero-order valence-corrected chi connectivity index (χ0v) is 13.0. The van der Waals surface area contributed by atoms with Crippen LogP contribution in [0, 0.1) is 6.92 Å². The van der Waals surface area contributed by atoms with E-state index in [0.29, 0.717) is 5.76 Å². The Kier molecular flexibility index (Phi) is 5.56. The minimum atomic E-state index is -0.713. The fraction of sp³-hybridized carbons (Fsp3) is 0.571. The smallest absolute Gasteiger partial charge is 0.344 e. The third-order valence-corrected chi connectivity index (χ3v) is 3.05. The first kappa shape index (κ1) is 16.8. The maximum atomic E-state index is 11.8. The molecule has 23 heavy (non-hydrogen) atoms. The Labute approximate surface area is 132 Å². The van der Waals surface area contributed by atoms with Gasteiger partial charge in [0.2, 0.25) is 5.91 Å². The number of rotatable bonds is 8. The van der Waals surface area contributed by atoms with Gasteiger partial charge in [-0.25, -0.2) is 4.79 Å². The van der Waals surface area contributed by atoms with Crippen LogP contribution in [0.2, 0.25) is 0 Å². The highest BCUT2D eigenvalue weighted by Crippen LogP contribution is 2.18. The number of nitrogens with one attached hydrogen (secondary N) is 1. The average Bonchev–Trinajstić information content (AvgIpc) is 3.21. The van der Waals surface area contributed by atoms with E-state index in [1.54, 1.807) is 6.92 Å². The molecule has 9 nitrogen and oxygen atoms in total. The number of ether oxygens (including phenoxy) is 2. The molecule has 1 aromatic rings. The summed E-state index contributed by atoms with van der Waals surface area (Å²) in [7, 11) is 1.47. The van der Waals surface area contributed by atoms with Crippen LogP contribution in [0.25, 0.3) is 0 Å². The maximum absolute atomic E-state index is 11.8. The van der Waals surface area contributed by atoms with Crippen LogP contribution in [-0.2, 0) is 19.1 Å². The zero-order valence-electron chi connectivity index (χ0n) is 13.0. The molecule has 0 saturated heterocycles. The molecule has 2 amide bonds. The summed E-state index contributed by atoms with van der Waals surface area (Å²) >= 11 is 0. The lowest BCUT2D eigenvalue weighted by Gasteiger charge is -2.16. The SMILES string of the molecule is Cc1cc(OCC(=O)OCC(=O)N(C)CC(=O)NC2CC2)no1. The Morgan fingerprint density at radius 2 is 2.13 bits per heavy atom. The molecular formula is C14H19N3O6. The van der Waals surface area contributed by atoms with Gasteiger partial charge < -0.3 is 24.2 Å². The van der Waals surface area contributed by atoms with Crippen LogP contribution in [0.15, 0.2) is 10.6 Å². The zero-order chi connectivity index (χ0) is 16.8. The number of carbonyl (C=O) groups excluding carboxylic acids is 3. The van der Waals surface area contributed by atoms with Crippen molar-refractivity contribution < 1.29 is 28.4 Å². The van der Waals surface area contributed by atoms with Gasteiger partial charge in [-0.05, 0) is 24.9 Å². The molecule has 0 radical (unpaired) electrons. The maximum Gasteiger partial charge on any atom is 0.344 e. The van der Waals surface area contributed by atoms with Gasteiger partial charge in [-0.2, -0.15) is 0 Å². The molecule has 126 valence electrons. The van der Waals surface area contributed by atoms with Crippen molar-refractivity contribution in [1.29, 1.82) is 0 Å². The number of esters is 1. The third kappa shape index (κ3) is 5.97. The minimum absolute atomic E-state index is 0.0679. The summed E-state index contributed by atoms with van der Waals surface area (Å²) in [6.07, 6.45) is 1.96. The number of carbonyl (C=O) groups is 3. The van der Waals surface area contributed by atoms with E-state index in [-0.39, 0.29) is 31.0 Å². The molecule has 2 rings (SSSR count). The Morgan fingerprint density at radius 1 is 1.39 bits per heavy atom. The standard InChI is InChI=1S/C14H19N3O6/c1-9-5-12(16-23-9)21-8-14(20)22-7-13(19)17(2)6-11(18)15-10-3-4-10/h5,10H,3-4,6-8H2,1-2H3,(H,15,18). The predicted molar refractivity (Wildman–Crippen MR) is 76.5 cm³/mol. The number of aromatic nitrogens is 1. The van der Waals surface area contributed by atoms with Gasteiger partial charge in [0.1, 0.15) is 5.76 Å². The van der Waals surface area contributed by atoms with Crippen LogP contribution in [0.5, 0.6) is 5.88 Å². The van der Waals surface area contributed by atoms with Crippen LogP contribution >= 0.6 is 0 Å². The van der Waals surface area contributed by atoms with E-state index in [4.69, 9.17) is 14.0 Å². The van der Waals surface area contributed by atoms with Gasteiger partial charge in [-0.3, -0.25) is 9.59 Å². The Balaban J connectivity index is 1.62. The normalized spacial score (nSPS) is 13.3. The second-order valence-electron chi connectivity index (χ2n) is 5.32. The number of hydrogen-bond acceptors (Lipinski definition) is 7. The van der Waals surface area contributed by atoms with E-state index in [9.17, 15) is 14.4 Å². The van der Waals surface area contributed by atoms with Gasteiger partial charge >= 0.3 is 5.97 Å². The van der Waals surface area contributed by atoms with Crippen LogP contribution < -0.4 is 10.1 Å². The molecular weight excluding hydrogens is 306 g/mol. The third-order valence-electron chi connectivity index (χ3n) is 3.05. The summed E-state index contributed by atoms with van der Waals surface area (Å²) in [5.41, 5.74) is 0. The number of likely N-dealkylation sites (N-methyl/N-ethyl adjacent to an activating group) is 1. The highest BCUT2D eigenvalue weighted by molar-refractivity contribution is 5.86. The molecule has 1 heterocycles. The van der Waals surface area contributed by atoms with E-state index in [1.165, 1.54) is 18.0 Å².